The number of rotatable bonds is 6. The van der Waals surface area contributed by atoms with Crippen molar-refractivity contribution in [3.8, 4) is 67.9 Å². The standard InChI is InChI=1S/C44H28N6/c1-3-9-31(10-4-1)42-48-43(32-11-5-2-6-12-32)50-44(49-42)33-17-14-29(15-18-33)37-24-22-36-27-34(21-23-38(36)46-37)35-19-16-30-20-25-40(47-41(30)28-35)39-13-7-8-26-45-39/h1-28H. The lowest BCUT2D eigenvalue weighted by Gasteiger charge is -2.10. The van der Waals surface area contributed by atoms with E-state index in [4.69, 9.17) is 24.9 Å². The summed E-state index contributed by atoms with van der Waals surface area (Å²) in [6.07, 6.45) is 1.79. The van der Waals surface area contributed by atoms with Crippen LogP contribution in [0.3, 0.4) is 0 Å². The normalized spacial score (nSPS) is 11.2. The van der Waals surface area contributed by atoms with Gasteiger partial charge in [0, 0.05) is 39.2 Å². The summed E-state index contributed by atoms with van der Waals surface area (Å²) < 4.78 is 0. The first kappa shape index (κ1) is 29.2. The predicted octanol–water partition coefficient (Wildman–Crippen LogP) is 10.4. The molecule has 9 rings (SSSR count). The summed E-state index contributed by atoms with van der Waals surface area (Å²) in [6, 6.07) is 55.3. The van der Waals surface area contributed by atoms with Crippen LogP contribution in [0.2, 0.25) is 0 Å². The van der Waals surface area contributed by atoms with Gasteiger partial charge in [-0.15, -0.1) is 0 Å². The number of nitrogens with zero attached hydrogens (tertiary/aromatic N) is 6. The molecule has 5 aromatic carbocycles. The monoisotopic (exact) mass is 640 g/mol. The molecule has 6 heteroatoms. The van der Waals surface area contributed by atoms with Crippen molar-refractivity contribution in [2.75, 3.05) is 0 Å². The molecule has 0 saturated carbocycles. The molecular formula is C44H28N6. The van der Waals surface area contributed by atoms with Crippen LogP contribution in [-0.2, 0) is 0 Å². The highest BCUT2D eigenvalue weighted by Gasteiger charge is 2.13. The SMILES string of the molecule is c1ccc(-c2nc(-c3ccccc3)nc(-c3ccc(-c4ccc5cc(-c6ccc7ccc(-c8ccccn8)nc7c6)ccc5n4)cc3)n2)cc1. The van der Waals surface area contributed by atoms with Crippen molar-refractivity contribution in [2.24, 2.45) is 0 Å². The Kier molecular flexibility index (Phi) is 7.37. The average molecular weight is 641 g/mol. The van der Waals surface area contributed by atoms with Gasteiger partial charge in [0.15, 0.2) is 17.5 Å². The molecule has 0 spiro atoms. The molecule has 0 fully saturated rings. The van der Waals surface area contributed by atoms with Crippen molar-refractivity contribution in [2.45, 2.75) is 0 Å². The van der Waals surface area contributed by atoms with Gasteiger partial charge in [0.25, 0.3) is 0 Å². The first-order chi connectivity index (χ1) is 24.7. The third-order valence-corrected chi connectivity index (χ3v) is 8.78. The minimum atomic E-state index is 0.625. The van der Waals surface area contributed by atoms with E-state index in [-0.39, 0.29) is 0 Å². The summed E-state index contributed by atoms with van der Waals surface area (Å²) in [6.45, 7) is 0. The second kappa shape index (κ2) is 12.6. The van der Waals surface area contributed by atoms with Crippen LogP contribution in [0.4, 0.5) is 0 Å². The van der Waals surface area contributed by atoms with Crippen LogP contribution >= 0.6 is 0 Å². The third kappa shape index (κ3) is 5.76. The second-order valence-corrected chi connectivity index (χ2v) is 12.0. The molecule has 0 radical (unpaired) electrons. The summed E-state index contributed by atoms with van der Waals surface area (Å²) >= 11 is 0. The van der Waals surface area contributed by atoms with Gasteiger partial charge in [-0.3, -0.25) is 4.98 Å². The van der Waals surface area contributed by atoms with Crippen LogP contribution in [0.1, 0.15) is 0 Å². The predicted molar refractivity (Wildman–Crippen MR) is 201 cm³/mol. The zero-order valence-electron chi connectivity index (χ0n) is 26.8. The average Bonchev–Trinajstić information content (AvgIpc) is 3.21. The van der Waals surface area contributed by atoms with Crippen LogP contribution in [0.5, 0.6) is 0 Å². The van der Waals surface area contributed by atoms with Gasteiger partial charge in [-0.1, -0.05) is 121 Å². The van der Waals surface area contributed by atoms with Crippen molar-refractivity contribution < 1.29 is 0 Å². The van der Waals surface area contributed by atoms with Gasteiger partial charge in [0.05, 0.1) is 28.1 Å². The van der Waals surface area contributed by atoms with Gasteiger partial charge in [-0.05, 0) is 53.6 Å². The van der Waals surface area contributed by atoms with E-state index >= 15 is 0 Å². The first-order valence-electron chi connectivity index (χ1n) is 16.4. The Morgan fingerprint density at radius 2 is 0.800 bits per heavy atom. The van der Waals surface area contributed by atoms with Crippen LogP contribution in [0.15, 0.2) is 170 Å². The number of hydrogen-bond donors (Lipinski definition) is 0. The molecule has 0 amide bonds. The zero-order valence-corrected chi connectivity index (χ0v) is 26.8. The molecule has 0 aliphatic rings. The van der Waals surface area contributed by atoms with E-state index in [1.807, 2.05) is 84.9 Å². The highest BCUT2D eigenvalue weighted by molar-refractivity contribution is 5.90. The van der Waals surface area contributed by atoms with E-state index in [1.54, 1.807) is 6.20 Å². The van der Waals surface area contributed by atoms with Crippen LogP contribution in [0, 0.1) is 0 Å². The highest BCUT2D eigenvalue weighted by atomic mass is 15.0. The van der Waals surface area contributed by atoms with E-state index in [9.17, 15) is 0 Å². The number of benzene rings is 5. The minimum Gasteiger partial charge on any atom is -0.255 e. The molecule has 4 aromatic heterocycles. The molecule has 50 heavy (non-hydrogen) atoms. The maximum Gasteiger partial charge on any atom is 0.164 e. The molecule has 0 saturated heterocycles. The first-order valence-corrected chi connectivity index (χ1v) is 16.4. The summed E-state index contributed by atoms with van der Waals surface area (Å²) in [5.41, 5.74) is 10.5. The Morgan fingerprint density at radius 1 is 0.280 bits per heavy atom. The Morgan fingerprint density at radius 3 is 1.48 bits per heavy atom. The highest BCUT2D eigenvalue weighted by Crippen LogP contribution is 2.31. The van der Waals surface area contributed by atoms with Crippen molar-refractivity contribution in [1.29, 1.82) is 0 Å². The van der Waals surface area contributed by atoms with Gasteiger partial charge in [0.2, 0.25) is 0 Å². The number of fused-ring (bicyclic) bond motifs is 2. The fourth-order valence-electron chi connectivity index (χ4n) is 6.15. The summed E-state index contributed by atoms with van der Waals surface area (Å²) in [7, 11) is 0. The fraction of sp³-hybridized carbons (Fsp3) is 0. The molecule has 0 aliphatic carbocycles. The maximum atomic E-state index is 5.02. The van der Waals surface area contributed by atoms with Crippen LogP contribution < -0.4 is 0 Å². The fourth-order valence-corrected chi connectivity index (χ4v) is 6.15. The Labute approximate surface area is 288 Å². The molecule has 4 heterocycles. The molecular weight excluding hydrogens is 613 g/mol. The van der Waals surface area contributed by atoms with Crippen molar-refractivity contribution >= 4 is 21.8 Å². The van der Waals surface area contributed by atoms with E-state index in [2.05, 4.69) is 83.8 Å². The molecule has 234 valence electrons. The van der Waals surface area contributed by atoms with Crippen LogP contribution in [0.25, 0.3) is 89.7 Å². The molecule has 9 aromatic rings. The molecule has 0 unspecified atom stereocenters. The Hall–Kier alpha value is -6.92. The Bertz CT molecular complexity index is 2570. The van der Waals surface area contributed by atoms with Crippen molar-refractivity contribution in [3.63, 3.8) is 0 Å². The molecule has 0 N–H and O–H groups in total. The van der Waals surface area contributed by atoms with Gasteiger partial charge in [-0.2, -0.15) is 0 Å². The van der Waals surface area contributed by atoms with Gasteiger partial charge in [-0.25, -0.2) is 24.9 Å². The van der Waals surface area contributed by atoms with Gasteiger partial charge in [0.1, 0.15) is 0 Å². The number of pyridine rings is 3. The van der Waals surface area contributed by atoms with Crippen molar-refractivity contribution in [3.05, 3.63) is 170 Å². The van der Waals surface area contributed by atoms with Gasteiger partial charge >= 0.3 is 0 Å². The van der Waals surface area contributed by atoms with E-state index in [1.165, 1.54) is 0 Å². The zero-order chi connectivity index (χ0) is 33.3. The summed E-state index contributed by atoms with van der Waals surface area (Å²) in [4.78, 5) is 28.9. The number of aromatic nitrogens is 6. The quantitative estimate of drug-likeness (QED) is 0.180. The molecule has 0 aliphatic heterocycles. The lowest BCUT2D eigenvalue weighted by atomic mass is 10.0. The topological polar surface area (TPSA) is 77.3 Å². The lowest BCUT2D eigenvalue weighted by molar-refractivity contribution is 1.07. The third-order valence-electron chi connectivity index (χ3n) is 8.78. The lowest BCUT2D eigenvalue weighted by Crippen LogP contribution is -2.00. The molecule has 6 nitrogen and oxygen atoms in total. The minimum absolute atomic E-state index is 0.625. The number of hydrogen-bond acceptors (Lipinski definition) is 6. The summed E-state index contributed by atoms with van der Waals surface area (Å²) in [5.74, 6) is 1.91. The molecule has 0 bridgehead atoms. The largest absolute Gasteiger partial charge is 0.255 e. The van der Waals surface area contributed by atoms with Crippen LogP contribution in [-0.4, -0.2) is 29.9 Å². The molecule has 0 atom stereocenters. The smallest absolute Gasteiger partial charge is 0.164 e. The van der Waals surface area contributed by atoms with E-state index < -0.39 is 0 Å². The van der Waals surface area contributed by atoms with Gasteiger partial charge < -0.3 is 0 Å². The van der Waals surface area contributed by atoms with E-state index in [0.717, 1.165) is 72.3 Å². The Balaban J connectivity index is 1.01. The van der Waals surface area contributed by atoms with E-state index in [0.29, 0.717) is 17.5 Å². The maximum absolute atomic E-state index is 5.02. The summed E-state index contributed by atoms with van der Waals surface area (Å²) in [5, 5.41) is 2.17. The van der Waals surface area contributed by atoms with Crippen molar-refractivity contribution in [1.82, 2.24) is 29.9 Å². The second-order valence-electron chi connectivity index (χ2n) is 12.0.